The maximum Gasteiger partial charge on any atom is 0.314 e. The third-order valence-corrected chi connectivity index (χ3v) is 7.45. The van der Waals surface area contributed by atoms with Gasteiger partial charge in [0.1, 0.15) is 5.75 Å². The fourth-order valence-electron chi connectivity index (χ4n) is 3.08. The molecule has 1 heterocycles. The maximum atomic E-state index is 12.8. The van der Waals surface area contributed by atoms with Crippen molar-refractivity contribution in [3.8, 4) is 5.75 Å². The number of Topliss-reactive ketones (excluding diaryl/α,β-unsaturated/α-hetero) is 1. The fraction of sp³-hybridized carbons (Fsp3) is 0.300. The Labute approximate surface area is 179 Å². The van der Waals surface area contributed by atoms with Crippen LogP contribution in [-0.2, 0) is 14.8 Å². The first kappa shape index (κ1) is 21.8. The maximum absolute atomic E-state index is 12.8. The van der Waals surface area contributed by atoms with E-state index in [1.807, 2.05) is 0 Å². The van der Waals surface area contributed by atoms with E-state index in [9.17, 15) is 18.0 Å². The number of benzene rings is 2. The first-order chi connectivity index (χ1) is 13.7. The van der Waals surface area contributed by atoms with Gasteiger partial charge in [-0.25, -0.2) is 8.42 Å². The number of piperidine rings is 1. The van der Waals surface area contributed by atoms with Crippen molar-refractivity contribution < 1.29 is 22.7 Å². The van der Waals surface area contributed by atoms with Crippen LogP contribution in [0.5, 0.6) is 5.75 Å². The van der Waals surface area contributed by atoms with E-state index in [1.165, 1.54) is 41.6 Å². The molecule has 0 unspecified atom stereocenters. The predicted molar refractivity (Wildman–Crippen MR) is 110 cm³/mol. The molecule has 29 heavy (non-hydrogen) atoms. The van der Waals surface area contributed by atoms with Gasteiger partial charge in [-0.1, -0.05) is 35.3 Å². The number of carbonyl (C=O) groups is 2. The second kappa shape index (κ2) is 8.83. The predicted octanol–water partition coefficient (Wildman–Crippen LogP) is 4.20. The topological polar surface area (TPSA) is 80.8 Å². The zero-order chi connectivity index (χ0) is 21.2. The fourth-order valence-corrected chi connectivity index (χ4v) is 4.84. The standard InChI is InChI=1S/C20H19Cl2NO5S/c1-13(24)14-2-5-17(6-3-14)29(26,27)23-10-8-15(9-11-23)20(25)28-16-4-7-18(21)19(22)12-16/h2-7,12,15H,8-11H2,1H3. The molecule has 0 amide bonds. The Morgan fingerprint density at radius 3 is 2.17 bits per heavy atom. The van der Waals surface area contributed by atoms with E-state index in [2.05, 4.69) is 0 Å². The summed E-state index contributed by atoms with van der Waals surface area (Å²) in [4.78, 5) is 23.9. The van der Waals surface area contributed by atoms with E-state index in [4.69, 9.17) is 27.9 Å². The summed E-state index contributed by atoms with van der Waals surface area (Å²) in [6.07, 6.45) is 0.704. The highest BCUT2D eigenvalue weighted by molar-refractivity contribution is 7.89. The molecular formula is C20H19Cl2NO5S. The lowest BCUT2D eigenvalue weighted by molar-refractivity contribution is -0.140. The number of halogens is 2. The number of hydrogen-bond acceptors (Lipinski definition) is 5. The summed E-state index contributed by atoms with van der Waals surface area (Å²) in [5.41, 5.74) is 0.452. The molecule has 0 spiro atoms. The van der Waals surface area contributed by atoms with Gasteiger partial charge >= 0.3 is 5.97 Å². The third-order valence-electron chi connectivity index (χ3n) is 4.80. The van der Waals surface area contributed by atoms with E-state index in [-0.39, 0.29) is 28.8 Å². The number of sulfonamides is 1. The van der Waals surface area contributed by atoms with Gasteiger partial charge in [-0.05, 0) is 44.0 Å². The Morgan fingerprint density at radius 1 is 1.00 bits per heavy atom. The lowest BCUT2D eigenvalue weighted by Crippen LogP contribution is -2.41. The molecular weight excluding hydrogens is 437 g/mol. The highest BCUT2D eigenvalue weighted by Crippen LogP contribution is 2.29. The van der Waals surface area contributed by atoms with Gasteiger partial charge in [-0.2, -0.15) is 4.31 Å². The Bertz CT molecular complexity index is 1030. The molecule has 0 bridgehead atoms. The van der Waals surface area contributed by atoms with Crippen molar-refractivity contribution >= 4 is 45.0 Å². The number of carbonyl (C=O) groups excluding carboxylic acids is 2. The highest BCUT2D eigenvalue weighted by atomic mass is 35.5. The first-order valence-electron chi connectivity index (χ1n) is 8.96. The average Bonchev–Trinajstić information content (AvgIpc) is 2.71. The molecule has 0 aliphatic carbocycles. The van der Waals surface area contributed by atoms with Crippen LogP contribution in [0.2, 0.25) is 10.0 Å². The van der Waals surface area contributed by atoms with Gasteiger partial charge < -0.3 is 4.74 Å². The average molecular weight is 456 g/mol. The molecule has 1 aliphatic heterocycles. The van der Waals surface area contributed by atoms with Crippen molar-refractivity contribution in [1.82, 2.24) is 4.31 Å². The van der Waals surface area contributed by atoms with Crippen molar-refractivity contribution in [2.24, 2.45) is 5.92 Å². The van der Waals surface area contributed by atoms with Crippen molar-refractivity contribution in [3.05, 3.63) is 58.1 Å². The Balaban J connectivity index is 1.62. The van der Waals surface area contributed by atoms with E-state index < -0.39 is 21.9 Å². The lowest BCUT2D eigenvalue weighted by Gasteiger charge is -2.30. The van der Waals surface area contributed by atoms with Crippen LogP contribution >= 0.6 is 23.2 Å². The molecule has 0 aromatic heterocycles. The van der Waals surface area contributed by atoms with E-state index in [0.717, 1.165) is 0 Å². The van der Waals surface area contributed by atoms with E-state index in [1.54, 1.807) is 12.1 Å². The normalized spacial score (nSPS) is 15.8. The van der Waals surface area contributed by atoms with Crippen LogP contribution < -0.4 is 4.74 Å². The zero-order valence-corrected chi connectivity index (χ0v) is 17.9. The largest absolute Gasteiger partial charge is 0.426 e. The second-order valence-corrected chi connectivity index (χ2v) is 9.51. The molecule has 0 radical (unpaired) electrons. The Morgan fingerprint density at radius 2 is 1.62 bits per heavy atom. The van der Waals surface area contributed by atoms with Crippen LogP contribution in [0.15, 0.2) is 47.4 Å². The molecule has 0 saturated carbocycles. The van der Waals surface area contributed by atoms with E-state index in [0.29, 0.717) is 29.2 Å². The molecule has 3 rings (SSSR count). The number of ketones is 1. The van der Waals surface area contributed by atoms with Gasteiger partial charge in [-0.15, -0.1) is 0 Å². The zero-order valence-electron chi connectivity index (χ0n) is 15.6. The summed E-state index contributed by atoms with van der Waals surface area (Å²) in [6, 6.07) is 10.4. The summed E-state index contributed by atoms with van der Waals surface area (Å²) < 4.78 is 32.3. The number of esters is 1. The van der Waals surface area contributed by atoms with Crippen LogP contribution in [0.4, 0.5) is 0 Å². The molecule has 1 saturated heterocycles. The summed E-state index contributed by atoms with van der Waals surface area (Å²) >= 11 is 11.8. The van der Waals surface area contributed by atoms with Crippen LogP contribution in [0.1, 0.15) is 30.1 Å². The lowest BCUT2D eigenvalue weighted by atomic mass is 9.98. The molecule has 1 aliphatic rings. The molecule has 6 nitrogen and oxygen atoms in total. The van der Waals surface area contributed by atoms with Crippen LogP contribution in [0, 0.1) is 5.92 Å². The van der Waals surface area contributed by atoms with Crippen molar-refractivity contribution in [2.45, 2.75) is 24.7 Å². The van der Waals surface area contributed by atoms with Crippen molar-refractivity contribution in [3.63, 3.8) is 0 Å². The smallest absolute Gasteiger partial charge is 0.314 e. The third kappa shape index (κ3) is 4.98. The summed E-state index contributed by atoms with van der Waals surface area (Å²) in [5, 5.41) is 0.648. The number of hydrogen-bond donors (Lipinski definition) is 0. The Hall–Kier alpha value is -1.93. The molecule has 0 atom stereocenters. The minimum atomic E-state index is -3.69. The van der Waals surface area contributed by atoms with Crippen LogP contribution in [0.3, 0.4) is 0 Å². The van der Waals surface area contributed by atoms with Gasteiger partial charge in [-0.3, -0.25) is 9.59 Å². The van der Waals surface area contributed by atoms with Crippen LogP contribution in [0.25, 0.3) is 0 Å². The molecule has 154 valence electrons. The Kier molecular flexibility index (Phi) is 6.63. The summed E-state index contributed by atoms with van der Waals surface area (Å²) in [6.45, 7) is 1.83. The first-order valence-corrected chi connectivity index (χ1v) is 11.2. The minimum Gasteiger partial charge on any atom is -0.426 e. The van der Waals surface area contributed by atoms with E-state index >= 15 is 0 Å². The van der Waals surface area contributed by atoms with Gasteiger partial charge in [0.25, 0.3) is 0 Å². The number of ether oxygens (including phenoxy) is 1. The number of rotatable bonds is 5. The van der Waals surface area contributed by atoms with Crippen LogP contribution in [-0.4, -0.2) is 37.6 Å². The molecule has 2 aromatic rings. The highest BCUT2D eigenvalue weighted by Gasteiger charge is 2.33. The molecule has 0 N–H and O–H groups in total. The van der Waals surface area contributed by atoms with Crippen molar-refractivity contribution in [1.29, 1.82) is 0 Å². The summed E-state index contributed by atoms with van der Waals surface area (Å²) in [7, 11) is -3.69. The summed E-state index contributed by atoms with van der Waals surface area (Å²) in [5.74, 6) is -0.664. The number of nitrogens with zero attached hydrogens (tertiary/aromatic N) is 1. The molecule has 2 aromatic carbocycles. The minimum absolute atomic E-state index is 0.124. The van der Waals surface area contributed by atoms with Gasteiger partial charge in [0, 0.05) is 24.7 Å². The van der Waals surface area contributed by atoms with Gasteiger partial charge in [0.05, 0.1) is 20.9 Å². The monoisotopic (exact) mass is 455 g/mol. The molecule has 1 fully saturated rings. The SMILES string of the molecule is CC(=O)c1ccc(S(=O)(=O)N2CCC(C(=O)Oc3ccc(Cl)c(Cl)c3)CC2)cc1. The quantitative estimate of drug-likeness (QED) is 0.383. The van der Waals surface area contributed by atoms with Crippen molar-refractivity contribution in [2.75, 3.05) is 13.1 Å². The second-order valence-electron chi connectivity index (χ2n) is 6.76. The molecule has 9 heteroatoms. The van der Waals surface area contributed by atoms with Gasteiger partial charge in [0.15, 0.2) is 5.78 Å². The van der Waals surface area contributed by atoms with Gasteiger partial charge in [0.2, 0.25) is 10.0 Å².